The van der Waals surface area contributed by atoms with E-state index in [1.807, 2.05) is 20.8 Å². The number of aromatic nitrogens is 1. The van der Waals surface area contributed by atoms with Crippen LogP contribution in [0.15, 0.2) is 30.5 Å². The van der Waals surface area contributed by atoms with E-state index in [0.717, 1.165) is 0 Å². The molecule has 0 aliphatic rings. The van der Waals surface area contributed by atoms with Crippen molar-refractivity contribution >= 4 is 34.9 Å². The van der Waals surface area contributed by atoms with Crippen LogP contribution < -0.4 is 5.32 Å². The Bertz CT molecular complexity index is 845. The zero-order valence-corrected chi connectivity index (χ0v) is 16.3. The zero-order chi connectivity index (χ0) is 19.5. The van der Waals surface area contributed by atoms with E-state index < -0.39 is 5.54 Å². The van der Waals surface area contributed by atoms with E-state index in [0.29, 0.717) is 21.2 Å². The summed E-state index contributed by atoms with van der Waals surface area (Å²) in [5.41, 5.74) is 0.738. The number of benzene rings is 1. The summed E-state index contributed by atoms with van der Waals surface area (Å²) in [4.78, 5) is 28.6. The van der Waals surface area contributed by atoms with Gasteiger partial charge >= 0.3 is 0 Å². The summed E-state index contributed by atoms with van der Waals surface area (Å²) in [5.74, 6) is -0.498. The first-order chi connectivity index (χ1) is 12.0. The summed E-state index contributed by atoms with van der Waals surface area (Å²) in [6.07, 6.45) is 1.39. The highest BCUT2D eigenvalue weighted by atomic mass is 35.5. The van der Waals surface area contributed by atoms with Crippen LogP contribution >= 0.6 is 23.2 Å². The average Bonchev–Trinajstić information content (AvgIpc) is 2.51. The van der Waals surface area contributed by atoms with Gasteiger partial charge in [0.25, 0.3) is 5.91 Å². The number of ketones is 1. The number of amides is 1. The van der Waals surface area contributed by atoms with Gasteiger partial charge in [0.1, 0.15) is 17.2 Å². The first-order valence-corrected chi connectivity index (χ1v) is 8.77. The molecule has 0 aliphatic carbocycles. The van der Waals surface area contributed by atoms with E-state index >= 15 is 0 Å². The second-order valence-corrected chi connectivity index (χ2v) is 7.87. The standard InChI is InChI=1S/C19H20Cl2N2O3/c1-19(2,3)23-18(26)16-9-11(15(21)10-22-16)7-14(24)8-12-6-13(20)4-5-17(12)25/h4-6,9-10,25H,7-8H2,1-3H3,(H,23,26). The summed E-state index contributed by atoms with van der Waals surface area (Å²) in [6.45, 7) is 5.59. The molecule has 0 aliphatic heterocycles. The van der Waals surface area contributed by atoms with Crippen LogP contribution in [0.2, 0.25) is 10.0 Å². The van der Waals surface area contributed by atoms with E-state index in [-0.39, 0.29) is 36.0 Å². The smallest absolute Gasteiger partial charge is 0.270 e. The predicted octanol–water partition coefficient (Wildman–Crippen LogP) is 3.98. The highest BCUT2D eigenvalue weighted by Gasteiger charge is 2.18. The minimum absolute atomic E-state index is 0.00817. The fourth-order valence-corrected chi connectivity index (χ4v) is 2.69. The average molecular weight is 395 g/mol. The van der Waals surface area contributed by atoms with E-state index in [1.54, 1.807) is 12.1 Å². The number of rotatable bonds is 5. The number of halogens is 2. The normalized spacial score (nSPS) is 11.3. The maximum atomic E-state index is 12.4. The molecule has 0 radical (unpaired) electrons. The summed E-state index contributed by atoms with van der Waals surface area (Å²) in [7, 11) is 0. The number of carbonyl (C=O) groups excluding carboxylic acids is 2. The topological polar surface area (TPSA) is 79.3 Å². The third-order valence-electron chi connectivity index (χ3n) is 3.47. The van der Waals surface area contributed by atoms with Crippen molar-refractivity contribution in [3.8, 4) is 5.75 Å². The Labute approximate surface area is 162 Å². The largest absolute Gasteiger partial charge is 0.508 e. The molecule has 1 amide bonds. The Morgan fingerprint density at radius 2 is 1.77 bits per heavy atom. The van der Waals surface area contributed by atoms with Gasteiger partial charge in [-0.05, 0) is 50.6 Å². The van der Waals surface area contributed by atoms with Crippen LogP contribution in [-0.2, 0) is 17.6 Å². The minimum Gasteiger partial charge on any atom is -0.508 e. The third-order valence-corrected chi connectivity index (χ3v) is 4.05. The van der Waals surface area contributed by atoms with Gasteiger partial charge in [0.15, 0.2) is 0 Å². The maximum Gasteiger partial charge on any atom is 0.270 e. The maximum absolute atomic E-state index is 12.4. The molecule has 0 fully saturated rings. The molecule has 5 nitrogen and oxygen atoms in total. The van der Waals surface area contributed by atoms with E-state index in [2.05, 4.69) is 10.3 Å². The van der Waals surface area contributed by atoms with Crippen molar-refractivity contribution in [2.24, 2.45) is 0 Å². The molecule has 7 heteroatoms. The SMILES string of the molecule is CC(C)(C)NC(=O)c1cc(CC(=O)Cc2cc(Cl)ccc2O)c(Cl)cn1. The minimum atomic E-state index is -0.404. The van der Waals surface area contributed by atoms with Gasteiger partial charge in [-0.2, -0.15) is 0 Å². The van der Waals surface area contributed by atoms with E-state index in [9.17, 15) is 14.7 Å². The molecule has 0 saturated heterocycles. The Kier molecular flexibility index (Phi) is 6.26. The molecule has 2 N–H and O–H groups in total. The lowest BCUT2D eigenvalue weighted by Crippen LogP contribution is -2.41. The second kappa shape index (κ2) is 8.06. The molecule has 0 saturated carbocycles. The Hall–Kier alpha value is -2.11. The van der Waals surface area contributed by atoms with Crippen LogP contribution in [0.5, 0.6) is 5.75 Å². The first-order valence-electron chi connectivity index (χ1n) is 8.01. The molecule has 1 heterocycles. The quantitative estimate of drug-likeness (QED) is 0.803. The highest BCUT2D eigenvalue weighted by Crippen LogP contribution is 2.23. The first kappa shape index (κ1) is 20.2. The summed E-state index contributed by atoms with van der Waals surface area (Å²) in [5, 5.41) is 13.4. The van der Waals surface area contributed by atoms with Crippen LogP contribution in [0.25, 0.3) is 0 Å². The molecule has 0 spiro atoms. The van der Waals surface area contributed by atoms with Gasteiger partial charge in [0.2, 0.25) is 0 Å². The number of aromatic hydroxyl groups is 1. The van der Waals surface area contributed by atoms with Gasteiger partial charge < -0.3 is 10.4 Å². The van der Waals surface area contributed by atoms with Crippen LogP contribution in [0.3, 0.4) is 0 Å². The Balaban J connectivity index is 2.15. The van der Waals surface area contributed by atoms with Crippen LogP contribution in [0.1, 0.15) is 42.4 Å². The lowest BCUT2D eigenvalue weighted by molar-refractivity contribution is -0.117. The van der Waals surface area contributed by atoms with Gasteiger partial charge in [-0.15, -0.1) is 0 Å². The van der Waals surface area contributed by atoms with Gasteiger partial charge in [-0.3, -0.25) is 9.59 Å². The third kappa shape index (κ3) is 5.71. The molecule has 26 heavy (non-hydrogen) atoms. The molecule has 138 valence electrons. The number of carbonyl (C=O) groups is 2. The van der Waals surface area contributed by atoms with Gasteiger partial charge in [0, 0.05) is 35.2 Å². The summed E-state index contributed by atoms with van der Waals surface area (Å²) in [6, 6.07) is 6.05. The Morgan fingerprint density at radius 1 is 1.12 bits per heavy atom. The molecule has 1 aromatic heterocycles. The predicted molar refractivity (Wildman–Crippen MR) is 102 cm³/mol. The lowest BCUT2D eigenvalue weighted by atomic mass is 10.0. The zero-order valence-electron chi connectivity index (χ0n) is 14.8. The Morgan fingerprint density at radius 3 is 2.42 bits per heavy atom. The van der Waals surface area contributed by atoms with Crippen molar-refractivity contribution in [3.05, 3.63) is 57.3 Å². The monoisotopic (exact) mass is 394 g/mol. The fraction of sp³-hybridized carbons (Fsp3) is 0.316. The van der Waals surface area contributed by atoms with Gasteiger partial charge in [-0.25, -0.2) is 4.98 Å². The van der Waals surface area contributed by atoms with Crippen molar-refractivity contribution < 1.29 is 14.7 Å². The number of nitrogens with one attached hydrogen (secondary N) is 1. The number of hydrogen-bond donors (Lipinski definition) is 2. The lowest BCUT2D eigenvalue weighted by Gasteiger charge is -2.20. The van der Waals surface area contributed by atoms with Crippen LogP contribution in [0.4, 0.5) is 0 Å². The fourth-order valence-electron chi connectivity index (χ4n) is 2.33. The van der Waals surface area contributed by atoms with Crippen molar-refractivity contribution in [1.29, 1.82) is 0 Å². The van der Waals surface area contributed by atoms with Crippen molar-refractivity contribution in [3.63, 3.8) is 0 Å². The highest BCUT2D eigenvalue weighted by molar-refractivity contribution is 6.31. The molecule has 2 aromatic rings. The number of Topliss-reactive ketones (excluding diaryl/α,β-unsaturated/α-hetero) is 1. The number of hydrogen-bond acceptors (Lipinski definition) is 4. The number of pyridine rings is 1. The molecule has 2 rings (SSSR count). The molecule has 0 bridgehead atoms. The summed E-state index contributed by atoms with van der Waals surface area (Å²) < 4.78 is 0. The molecule has 0 unspecified atom stereocenters. The summed E-state index contributed by atoms with van der Waals surface area (Å²) >= 11 is 12.0. The number of phenols is 1. The van der Waals surface area contributed by atoms with E-state index in [1.165, 1.54) is 18.3 Å². The van der Waals surface area contributed by atoms with Crippen LogP contribution in [-0.4, -0.2) is 27.3 Å². The molecular weight excluding hydrogens is 375 g/mol. The second-order valence-electron chi connectivity index (χ2n) is 7.03. The van der Waals surface area contributed by atoms with Crippen molar-refractivity contribution in [2.45, 2.75) is 39.2 Å². The number of phenolic OH excluding ortho intramolecular Hbond substituents is 1. The molecule has 0 atom stereocenters. The molecule has 1 aromatic carbocycles. The van der Waals surface area contributed by atoms with Crippen molar-refractivity contribution in [2.75, 3.05) is 0 Å². The number of nitrogens with zero attached hydrogens (tertiary/aromatic N) is 1. The van der Waals surface area contributed by atoms with Crippen LogP contribution in [0, 0.1) is 0 Å². The van der Waals surface area contributed by atoms with Crippen molar-refractivity contribution in [1.82, 2.24) is 10.3 Å². The molecular formula is C19H20Cl2N2O3. The van der Waals surface area contributed by atoms with E-state index in [4.69, 9.17) is 23.2 Å². The van der Waals surface area contributed by atoms with Gasteiger partial charge in [-0.1, -0.05) is 23.2 Å². The van der Waals surface area contributed by atoms with Gasteiger partial charge in [0.05, 0.1) is 5.02 Å².